The van der Waals surface area contributed by atoms with Crippen LogP contribution in [0.25, 0.3) is 23.2 Å². The third-order valence-corrected chi connectivity index (χ3v) is 4.94. The van der Waals surface area contributed by atoms with E-state index >= 15 is 0 Å². The third kappa shape index (κ3) is 5.19. The van der Waals surface area contributed by atoms with Crippen molar-refractivity contribution < 1.29 is 42.5 Å². The molecule has 1 N–H and O–H groups in total. The Hall–Kier alpha value is -3.56. The molecule has 0 aliphatic carbocycles. The summed E-state index contributed by atoms with van der Waals surface area (Å²) in [4.78, 5) is 19.4. The van der Waals surface area contributed by atoms with Crippen LogP contribution in [-0.4, -0.2) is 35.8 Å². The number of rotatable bonds is 5. The number of benzene rings is 1. The van der Waals surface area contributed by atoms with Gasteiger partial charge in [-0.05, 0) is 18.2 Å². The van der Waals surface area contributed by atoms with Crippen LogP contribution in [-0.2, 0) is 11.0 Å². The minimum absolute atomic E-state index is 0.000631. The smallest absolute Gasteiger partial charge is 0.416 e. The van der Waals surface area contributed by atoms with Crippen molar-refractivity contribution in [1.82, 2.24) is 24.7 Å². The van der Waals surface area contributed by atoms with Gasteiger partial charge in [0.15, 0.2) is 5.82 Å². The normalized spacial score (nSPS) is 15.2. The van der Waals surface area contributed by atoms with Gasteiger partial charge in [-0.1, -0.05) is 19.4 Å². The van der Waals surface area contributed by atoms with Gasteiger partial charge in [-0.2, -0.15) is 13.2 Å². The molecule has 0 saturated carbocycles. The highest BCUT2D eigenvalue weighted by molar-refractivity contribution is 8.45. The molecule has 0 aliphatic rings. The highest BCUT2D eigenvalue weighted by Crippen LogP contribution is 3.02. The third-order valence-electron chi connectivity index (χ3n) is 3.81. The number of aliphatic carboxylic acids is 1. The number of hydrogen-bond donors (Lipinski definition) is 1. The molecule has 0 spiro atoms. The van der Waals surface area contributed by atoms with Crippen molar-refractivity contribution in [3.8, 4) is 11.4 Å². The summed E-state index contributed by atoms with van der Waals surface area (Å²) in [6.45, 7) is 0. The fourth-order valence-electron chi connectivity index (χ4n) is 2.41. The predicted octanol–water partition coefficient (Wildman–Crippen LogP) is 5.49. The lowest BCUT2D eigenvalue weighted by atomic mass is 10.1. The Morgan fingerprint density at radius 1 is 1.03 bits per heavy atom. The first-order chi connectivity index (χ1) is 14.4. The average molecular weight is 487 g/mol. The van der Waals surface area contributed by atoms with Gasteiger partial charge in [0.1, 0.15) is 17.6 Å². The maximum absolute atomic E-state index is 13.2. The van der Waals surface area contributed by atoms with Crippen LogP contribution in [0, 0.1) is 0 Å². The molecule has 0 amide bonds. The van der Waals surface area contributed by atoms with Gasteiger partial charge in [-0.25, -0.2) is 24.4 Å². The van der Waals surface area contributed by atoms with Crippen LogP contribution >= 0.6 is 10.2 Å². The number of halogens is 8. The average Bonchev–Trinajstić information content (AvgIpc) is 3.12. The Bertz CT molecular complexity index is 1220. The first-order valence-corrected chi connectivity index (χ1v) is 9.97. The van der Waals surface area contributed by atoms with Gasteiger partial charge in [-0.3, -0.25) is 0 Å². The number of carboxylic acids is 1. The van der Waals surface area contributed by atoms with Gasteiger partial charge in [0.25, 0.3) is 0 Å². The van der Waals surface area contributed by atoms with Gasteiger partial charge >= 0.3 is 22.4 Å². The lowest BCUT2D eigenvalue weighted by Crippen LogP contribution is -2.11. The first-order valence-electron chi connectivity index (χ1n) is 8.02. The van der Waals surface area contributed by atoms with Crippen molar-refractivity contribution in [2.45, 2.75) is 11.1 Å². The monoisotopic (exact) mass is 487 g/mol. The van der Waals surface area contributed by atoms with E-state index in [2.05, 4.69) is 20.1 Å². The summed E-state index contributed by atoms with van der Waals surface area (Å²) in [5.41, 5.74) is -3.44. The molecule has 2 heterocycles. The number of carboxylic acid groups (broad SMARTS) is 1. The SMILES string of the molecule is O=C(O)/C(=C\n1cnc(-c2cc(C(F)(F)F)cc(S(F)(F)(F)(F)F)c2)n1)c1cncnc1. The summed E-state index contributed by atoms with van der Waals surface area (Å²) in [6, 6.07) is -0.733. The van der Waals surface area contributed by atoms with Gasteiger partial charge in [0.05, 0.1) is 11.1 Å². The van der Waals surface area contributed by atoms with Crippen molar-refractivity contribution in [3.05, 3.63) is 54.4 Å². The van der Waals surface area contributed by atoms with Crippen LogP contribution in [0.2, 0.25) is 0 Å². The maximum Gasteiger partial charge on any atom is 0.416 e. The van der Waals surface area contributed by atoms with Crippen molar-refractivity contribution >= 4 is 28.0 Å². The molecule has 3 aromatic rings. The van der Waals surface area contributed by atoms with Crippen LogP contribution in [0.1, 0.15) is 11.1 Å². The fraction of sp³-hybridized carbons (Fsp3) is 0.0625. The molecule has 0 fully saturated rings. The molecule has 16 heteroatoms. The number of hydrogen-bond acceptors (Lipinski definition) is 5. The van der Waals surface area contributed by atoms with E-state index in [4.69, 9.17) is 0 Å². The summed E-state index contributed by atoms with van der Waals surface area (Å²) in [6.07, 6.45) is -0.421. The molecule has 1 aromatic carbocycles. The molecular weight excluding hydrogens is 478 g/mol. The van der Waals surface area contributed by atoms with Gasteiger partial charge in [-0.15, -0.1) is 5.10 Å². The number of carbonyl (C=O) groups is 1. The standard InChI is InChI=1S/C16H9F8N5O2S/c17-16(18,19)11-1-9(2-12(3-11)32(20,21,22,23)24)14-27-8-29(28-14)6-13(15(30)31)10-4-25-7-26-5-10/h1-8H,(H,30,31)/b13-6-. The fourth-order valence-corrected chi connectivity index (χ4v) is 3.11. The Morgan fingerprint density at radius 2 is 1.66 bits per heavy atom. The molecule has 0 bridgehead atoms. The van der Waals surface area contributed by atoms with Crippen LogP contribution in [0.3, 0.4) is 0 Å². The maximum atomic E-state index is 13.2. The number of aromatic nitrogens is 5. The van der Waals surface area contributed by atoms with E-state index in [1.807, 2.05) is 0 Å². The van der Waals surface area contributed by atoms with Gasteiger partial charge in [0, 0.05) is 29.7 Å². The number of alkyl halides is 3. The molecule has 0 saturated heterocycles. The summed E-state index contributed by atoms with van der Waals surface area (Å²) >= 11 is 0. The quantitative estimate of drug-likeness (QED) is 0.378. The predicted molar refractivity (Wildman–Crippen MR) is 95.7 cm³/mol. The molecule has 3 rings (SSSR count). The van der Waals surface area contributed by atoms with Crippen molar-refractivity contribution in [1.29, 1.82) is 0 Å². The summed E-state index contributed by atoms with van der Waals surface area (Å²) in [5, 5.41) is 12.9. The van der Waals surface area contributed by atoms with Crippen molar-refractivity contribution in [2.24, 2.45) is 0 Å². The molecule has 32 heavy (non-hydrogen) atoms. The summed E-state index contributed by atoms with van der Waals surface area (Å²) in [7, 11) is -10.5. The second kappa shape index (κ2) is 6.72. The minimum Gasteiger partial charge on any atom is -0.478 e. The zero-order valence-electron chi connectivity index (χ0n) is 15.1. The highest BCUT2D eigenvalue weighted by Gasteiger charge is 2.66. The topological polar surface area (TPSA) is 93.8 Å². The van der Waals surface area contributed by atoms with E-state index in [1.165, 1.54) is 0 Å². The molecule has 2 aromatic heterocycles. The van der Waals surface area contributed by atoms with Gasteiger partial charge < -0.3 is 5.11 Å². The molecule has 7 nitrogen and oxygen atoms in total. The second-order valence-corrected chi connectivity index (χ2v) is 8.65. The molecule has 0 unspecified atom stereocenters. The summed E-state index contributed by atoms with van der Waals surface area (Å²) < 4.78 is 106. The van der Waals surface area contributed by atoms with E-state index in [1.54, 1.807) is 0 Å². The van der Waals surface area contributed by atoms with E-state index in [-0.39, 0.29) is 17.7 Å². The van der Waals surface area contributed by atoms with Crippen molar-refractivity contribution in [3.63, 3.8) is 0 Å². The van der Waals surface area contributed by atoms with E-state index in [0.717, 1.165) is 31.2 Å². The van der Waals surface area contributed by atoms with Gasteiger partial charge in [0.2, 0.25) is 0 Å². The highest BCUT2D eigenvalue weighted by atomic mass is 32.5. The summed E-state index contributed by atoms with van der Waals surface area (Å²) in [5.74, 6) is -2.27. The van der Waals surface area contributed by atoms with Crippen molar-refractivity contribution in [2.75, 3.05) is 0 Å². The van der Waals surface area contributed by atoms with Crippen LogP contribution < -0.4 is 0 Å². The Balaban J connectivity index is 2.14. The first kappa shape index (κ1) is 23.1. The molecular formula is C16H9F8N5O2S. The Morgan fingerprint density at radius 3 is 2.19 bits per heavy atom. The minimum atomic E-state index is -10.5. The Kier molecular flexibility index (Phi) is 4.85. The van der Waals surface area contributed by atoms with E-state index in [0.29, 0.717) is 4.68 Å². The van der Waals surface area contributed by atoms with Crippen LogP contribution in [0.15, 0.2) is 48.1 Å². The van der Waals surface area contributed by atoms with Crippen LogP contribution in [0.5, 0.6) is 0 Å². The lowest BCUT2D eigenvalue weighted by molar-refractivity contribution is -0.137. The molecule has 172 valence electrons. The largest absolute Gasteiger partial charge is 0.478 e. The second-order valence-electron chi connectivity index (χ2n) is 6.24. The van der Waals surface area contributed by atoms with E-state index in [9.17, 15) is 42.5 Å². The number of nitrogens with zero attached hydrogens (tertiary/aromatic N) is 5. The lowest BCUT2D eigenvalue weighted by Gasteiger charge is -2.40. The Labute approximate surface area is 172 Å². The molecule has 0 aliphatic heterocycles. The molecule has 0 radical (unpaired) electrons. The van der Waals surface area contributed by atoms with Crippen LogP contribution in [0.4, 0.5) is 32.6 Å². The van der Waals surface area contributed by atoms with E-state index < -0.39 is 55.9 Å². The zero-order chi connectivity index (χ0) is 24.0. The molecule has 0 atom stereocenters. The zero-order valence-corrected chi connectivity index (χ0v) is 16.0.